The van der Waals surface area contributed by atoms with Gasteiger partial charge < -0.3 is 14.6 Å². The van der Waals surface area contributed by atoms with Gasteiger partial charge in [0, 0.05) is 42.3 Å². The Hall–Kier alpha value is -3.18. The Labute approximate surface area is 157 Å². The Balaban J connectivity index is 1.59. The third-order valence-corrected chi connectivity index (χ3v) is 4.68. The average molecular weight is 359 g/mol. The number of hydrogen-bond acceptors (Lipinski definition) is 3. The van der Waals surface area contributed by atoms with Crippen molar-refractivity contribution in [3.8, 4) is 0 Å². The van der Waals surface area contributed by atoms with E-state index in [2.05, 4.69) is 27.0 Å². The molecule has 0 fully saturated rings. The molecule has 2 aromatic carbocycles. The minimum atomic E-state index is -0.0407. The fraction of sp³-hybridized carbons (Fsp3) is 0.182. The summed E-state index contributed by atoms with van der Waals surface area (Å²) in [5.41, 5.74) is 3.78. The van der Waals surface area contributed by atoms with Crippen LogP contribution < -0.4 is 5.32 Å². The van der Waals surface area contributed by atoms with Gasteiger partial charge in [0.15, 0.2) is 0 Å². The number of carbonyl (C=O) groups excluding carboxylic acids is 1. The van der Waals surface area contributed by atoms with Gasteiger partial charge >= 0.3 is 0 Å². The van der Waals surface area contributed by atoms with Crippen LogP contribution in [0.5, 0.6) is 0 Å². The van der Waals surface area contributed by atoms with E-state index in [4.69, 9.17) is 4.74 Å². The highest BCUT2D eigenvalue weighted by molar-refractivity contribution is 6.02. The molecule has 0 saturated heterocycles. The van der Waals surface area contributed by atoms with E-state index in [0.29, 0.717) is 13.0 Å². The van der Waals surface area contributed by atoms with E-state index in [-0.39, 0.29) is 5.91 Å². The molecule has 0 unspecified atom stereocenters. The summed E-state index contributed by atoms with van der Waals surface area (Å²) in [6.45, 7) is 1.39. The lowest BCUT2D eigenvalue weighted by Crippen LogP contribution is -2.14. The Morgan fingerprint density at radius 3 is 2.81 bits per heavy atom. The molecule has 1 amide bonds. The number of nitrogens with one attached hydrogen (secondary N) is 1. The first kappa shape index (κ1) is 17.2. The molecule has 0 bridgehead atoms. The molecule has 5 nitrogen and oxygen atoms in total. The molecular weight excluding hydrogens is 338 g/mol. The maximum Gasteiger partial charge on any atom is 0.228 e. The van der Waals surface area contributed by atoms with E-state index in [0.717, 1.165) is 39.6 Å². The van der Waals surface area contributed by atoms with Crippen LogP contribution in [-0.2, 0) is 22.5 Å². The van der Waals surface area contributed by atoms with E-state index in [1.165, 1.54) is 0 Å². The second kappa shape index (κ2) is 7.60. The van der Waals surface area contributed by atoms with Gasteiger partial charge in [0.05, 0.1) is 24.2 Å². The number of anilines is 1. The molecule has 27 heavy (non-hydrogen) atoms. The lowest BCUT2D eigenvalue weighted by atomic mass is 10.1. The molecule has 0 aliphatic carbocycles. The number of benzene rings is 2. The molecule has 2 aromatic heterocycles. The number of methoxy groups -OCH3 is 1. The van der Waals surface area contributed by atoms with Gasteiger partial charge in [-0.25, -0.2) is 0 Å². The number of carbonyl (C=O) groups is 1. The van der Waals surface area contributed by atoms with Gasteiger partial charge in [0.1, 0.15) is 0 Å². The van der Waals surface area contributed by atoms with Gasteiger partial charge in [-0.2, -0.15) is 0 Å². The zero-order chi connectivity index (χ0) is 18.6. The van der Waals surface area contributed by atoms with Gasteiger partial charge in [-0.1, -0.05) is 24.3 Å². The number of aromatic nitrogens is 2. The largest absolute Gasteiger partial charge is 0.383 e. The monoisotopic (exact) mass is 359 g/mol. The van der Waals surface area contributed by atoms with Crippen LogP contribution in [0.3, 0.4) is 0 Å². The average Bonchev–Trinajstić information content (AvgIpc) is 3.04. The van der Waals surface area contributed by atoms with Crippen LogP contribution in [-0.4, -0.2) is 29.2 Å². The molecule has 2 heterocycles. The van der Waals surface area contributed by atoms with Crippen LogP contribution >= 0.6 is 0 Å². The fourth-order valence-corrected chi connectivity index (χ4v) is 3.42. The van der Waals surface area contributed by atoms with Gasteiger partial charge in [0.2, 0.25) is 5.91 Å². The highest BCUT2D eigenvalue weighted by Crippen LogP contribution is 2.24. The first-order chi connectivity index (χ1) is 13.3. The van der Waals surface area contributed by atoms with Crippen molar-refractivity contribution < 1.29 is 9.53 Å². The van der Waals surface area contributed by atoms with Crippen LogP contribution in [0.4, 0.5) is 5.69 Å². The molecule has 1 N–H and O–H groups in total. The molecule has 4 rings (SSSR count). The van der Waals surface area contributed by atoms with Crippen molar-refractivity contribution in [3.63, 3.8) is 0 Å². The molecule has 0 atom stereocenters. The summed E-state index contributed by atoms with van der Waals surface area (Å²) in [6.07, 6.45) is 4.12. The van der Waals surface area contributed by atoms with Crippen LogP contribution in [0.25, 0.3) is 21.8 Å². The molecule has 0 spiro atoms. The minimum Gasteiger partial charge on any atom is -0.383 e. The van der Waals surface area contributed by atoms with Crippen molar-refractivity contribution in [2.45, 2.75) is 13.0 Å². The lowest BCUT2D eigenvalue weighted by Gasteiger charge is -2.08. The zero-order valence-corrected chi connectivity index (χ0v) is 15.2. The number of nitrogens with zero attached hydrogens (tertiary/aromatic N) is 2. The van der Waals surface area contributed by atoms with Crippen LogP contribution in [0, 0.1) is 0 Å². The summed E-state index contributed by atoms with van der Waals surface area (Å²) < 4.78 is 7.34. The Kier molecular flexibility index (Phi) is 4.85. The maximum absolute atomic E-state index is 12.7. The van der Waals surface area contributed by atoms with Gasteiger partial charge in [-0.05, 0) is 35.9 Å². The zero-order valence-electron chi connectivity index (χ0n) is 15.2. The van der Waals surface area contributed by atoms with Crippen LogP contribution in [0.15, 0.2) is 67.0 Å². The van der Waals surface area contributed by atoms with Crippen LogP contribution in [0.1, 0.15) is 5.56 Å². The number of hydrogen-bond donors (Lipinski definition) is 1. The smallest absolute Gasteiger partial charge is 0.228 e. The SMILES string of the molecule is COCCn1cc(CC(=O)Nc2cccc3ncccc23)c2ccccc21. The highest BCUT2D eigenvalue weighted by atomic mass is 16.5. The predicted molar refractivity (Wildman–Crippen MR) is 108 cm³/mol. The number of amides is 1. The standard InChI is InChI=1S/C22H21N3O2/c1-27-13-12-25-15-16(17-6-2-3-10-21(17)25)14-22(26)24-20-9-4-8-19-18(20)7-5-11-23-19/h2-11,15H,12-14H2,1H3,(H,24,26). The van der Waals surface area contributed by atoms with E-state index in [9.17, 15) is 4.79 Å². The maximum atomic E-state index is 12.7. The molecular formula is C22H21N3O2. The summed E-state index contributed by atoms with van der Waals surface area (Å²) in [7, 11) is 1.69. The lowest BCUT2D eigenvalue weighted by molar-refractivity contribution is -0.115. The van der Waals surface area contributed by atoms with Crippen molar-refractivity contribution >= 4 is 33.4 Å². The topological polar surface area (TPSA) is 56.1 Å². The summed E-state index contributed by atoms with van der Waals surface area (Å²) in [5, 5.41) is 5.08. The third kappa shape index (κ3) is 3.55. The van der Waals surface area contributed by atoms with Gasteiger partial charge in [-0.3, -0.25) is 9.78 Å². The highest BCUT2D eigenvalue weighted by Gasteiger charge is 2.13. The van der Waals surface area contributed by atoms with Crippen molar-refractivity contribution in [2.75, 3.05) is 19.0 Å². The van der Waals surface area contributed by atoms with E-state index < -0.39 is 0 Å². The number of rotatable bonds is 6. The van der Waals surface area contributed by atoms with Crippen molar-refractivity contribution in [2.24, 2.45) is 0 Å². The molecule has 5 heteroatoms. The number of fused-ring (bicyclic) bond motifs is 2. The Bertz CT molecular complexity index is 1100. The number of ether oxygens (including phenoxy) is 1. The summed E-state index contributed by atoms with van der Waals surface area (Å²) in [5.74, 6) is -0.0407. The Morgan fingerprint density at radius 1 is 1.07 bits per heavy atom. The Morgan fingerprint density at radius 2 is 1.93 bits per heavy atom. The molecule has 0 aliphatic heterocycles. The van der Waals surface area contributed by atoms with Gasteiger partial charge in [-0.15, -0.1) is 0 Å². The van der Waals surface area contributed by atoms with Gasteiger partial charge in [0.25, 0.3) is 0 Å². The quantitative estimate of drug-likeness (QED) is 0.566. The van der Waals surface area contributed by atoms with Crippen molar-refractivity contribution in [3.05, 3.63) is 72.6 Å². The normalized spacial score (nSPS) is 11.1. The van der Waals surface area contributed by atoms with Crippen molar-refractivity contribution in [1.82, 2.24) is 9.55 Å². The third-order valence-electron chi connectivity index (χ3n) is 4.68. The first-order valence-corrected chi connectivity index (χ1v) is 8.95. The van der Waals surface area contributed by atoms with E-state index in [1.807, 2.05) is 48.7 Å². The summed E-state index contributed by atoms with van der Waals surface area (Å²) in [6, 6.07) is 17.7. The second-order valence-corrected chi connectivity index (χ2v) is 6.46. The van der Waals surface area contributed by atoms with Crippen LogP contribution in [0.2, 0.25) is 0 Å². The fourth-order valence-electron chi connectivity index (χ4n) is 3.42. The molecule has 0 radical (unpaired) electrons. The van der Waals surface area contributed by atoms with E-state index in [1.54, 1.807) is 13.3 Å². The van der Waals surface area contributed by atoms with E-state index >= 15 is 0 Å². The predicted octanol–water partition coefficient (Wildman–Crippen LogP) is 4.02. The summed E-state index contributed by atoms with van der Waals surface area (Å²) >= 11 is 0. The molecule has 4 aromatic rings. The molecule has 136 valence electrons. The first-order valence-electron chi connectivity index (χ1n) is 8.95. The van der Waals surface area contributed by atoms with Crippen molar-refractivity contribution in [1.29, 1.82) is 0 Å². The second-order valence-electron chi connectivity index (χ2n) is 6.46. The minimum absolute atomic E-state index is 0.0407. The number of para-hydroxylation sites is 1. The molecule has 0 saturated carbocycles. The number of pyridine rings is 1. The molecule has 0 aliphatic rings. The summed E-state index contributed by atoms with van der Waals surface area (Å²) in [4.78, 5) is 17.1.